The summed E-state index contributed by atoms with van der Waals surface area (Å²) in [5.41, 5.74) is 5.33. The van der Waals surface area contributed by atoms with Gasteiger partial charge in [0.2, 0.25) is 0 Å². The predicted octanol–water partition coefficient (Wildman–Crippen LogP) is 2.41. The van der Waals surface area contributed by atoms with Crippen molar-refractivity contribution in [1.82, 2.24) is 9.36 Å². The molecule has 0 aliphatic carbocycles. The fraction of sp³-hybridized carbons (Fsp3) is 0. The molecule has 0 amide bonds. The van der Waals surface area contributed by atoms with Crippen molar-refractivity contribution in [3.63, 3.8) is 0 Å². The van der Waals surface area contributed by atoms with E-state index in [1.807, 2.05) is 0 Å². The number of hydrogen-bond acceptors (Lipinski definition) is 7. The number of carbonyl (C=O) groups is 1. The van der Waals surface area contributed by atoms with E-state index in [4.69, 9.17) is 33.8 Å². The maximum absolute atomic E-state index is 10.9. The van der Waals surface area contributed by atoms with Gasteiger partial charge in [-0.05, 0) is 18.2 Å². The Morgan fingerprint density at radius 1 is 1.47 bits per heavy atom. The number of anilines is 1. The molecule has 1 heterocycles. The van der Waals surface area contributed by atoms with Crippen LogP contribution in [0.3, 0.4) is 0 Å². The van der Waals surface area contributed by atoms with E-state index in [-0.39, 0.29) is 27.4 Å². The lowest BCUT2D eigenvalue weighted by atomic mass is 10.3. The quantitative estimate of drug-likeness (QED) is 0.531. The zero-order valence-electron chi connectivity index (χ0n) is 9.21. The first-order valence-electron chi connectivity index (χ1n) is 4.85. The maximum Gasteiger partial charge on any atom is 0.200 e. The molecule has 0 atom stereocenters. The Bertz CT molecular complexity index is 644. The third kappa shape index (κ3) is 3.40. The summed E-state index contributed by atoms with van der Waals surface area (Å²) in [6.45, 7) is 0. The molecule has 0 aliphatic rings. The Hall–Kier alpha value is -1.70. The largest absolute Gasteiger partial charge is 0.374 e. The van der Waals surface area contributed by atoms with E-state index in [0.717, 1.165) is 11.5 Å². The molecule has 1 aromatic heterocycles. The van der Waals surface area contributed by atoms with Crippen LogP contribution in [0.2, 0.25) is 10.0 Å². The van der Waals surface area contributed by atoms with Crippen molar-refractivity contribution < 1.29 is 9.63 Å². The van der Waals surface area contributed by atoms with Gasteiger partial charge < -0.3 is 10.6 Å². The van der Waals surface area contributed by atoms with Gasteiger partial charge in [-0.15, -0.1) is 0 Å². The molecule has 2 aromatic rings. The van der Waals surface area contributed by atoms with Crippen LogP contribution < -0.4 is 10.6 Å². The van der Waals surface area contributed by atoms with Crippen molar-refractivity contribution in [3.8, 4) is 5.75 Å². The Morgan fingerprint density at radius 2 is 2.26 bits per heavy atom. The summed E-state index contributed by atoms with van der Waals surface area (Å²) in [6.07, 6.45) is 0.464. The SMILES string of the molecule is Nc1nc(/C(C=O)=N/Oc2ccc(Cl)cc2Cl)ns1. The van der Waals surface area contributed by atoms with E-state index in [1.165, 1.54) is 12.1 Å². The zero-order valence-corrected chi connectivity index (χ0v) is 11.5. The fourth-order valence-electron chi connectivity index (χ4n) is 1.10. The molecule has 6 nitrogen and oxygen atoms in total. The molecule has 19 heavy (non-hydrogen) atoms. The highest BCUT2D eigenvalue weighted by Gasteiger charge is 2.10. The Labute approximate surface area is 122 Å². The molecule has 2 N–H and O–H groups in total. The average molecular weight is 317 g/mol. The standard InChI is InChI=1S/C10H6Cl2N4O2S/c11-5-1-2-8(6(12)3-5)18-15-7(4-17)9-14-10(13)19-16-9/h1-4H,(H2,13,14,16)/b15-7+. The fourth-order valence-corrected chi connectivity index (χ4v) is 1.99. The second-order valence-electron chi connectivity index (χ2n) is 3.22. The summed E-state index contributed by atoms with van der Waals surface area (Å²) < 4.78 is 3.85. The van der Waals surface area contributed by atoms with Crippen LogP contribution in [0.5, 0.6) is 5.75 Å². The normalized spacial score (nSPS) is 11.4. The first-order chi connectivity index (χ1) is 9.10. The smallest absolute Gasteiger partial charge is 0.200 e. The molecule has 0 spiro atoms. The third-order valence-corrected chi connectivity index (χ3v) is 2.99. The van der Waals surface area contributed by atoms with Gasteiger partial charge in [-0.2, -0.15) is 9.36 Å². The first-order valence-corrected chi connectivity index (χ1v) is 6.38. The van der Waals surface area contributed by atoms with E-state index in [0.29, 0.717) is 11.3 Å². The molecular weight excluding hydrogens is 311 g/mol. The Morgan fingerprint density at radius 3 is 2.84 bits per heavy atom. The van der Waals surface area contributed by atoms with Gasteiger partial charge >= 0.3 is 0 Å². The van der Waals surface area contributed by atoms with Crippen LogP contribution in [-0.2, 0) is 4.79 Å². The highest BCUT2D eigenvalue weighted by Crippen LogP contribution is 2.27. The molecule has 0 bridgehead atoms. The number of benzene rings is 1. The number of aromatic nitrogens is 2. The molecule has 98 valence electrons. The summed E-state index contributed by atoms with van der Waals surface area (Å²) in [5, 5.41) is 4.60. The number of carbonyl (C=O) groups excluding carboxylic acids is 1. The molecule has 0 saturated carbocycles. The van der Waals surface area contributed by atoms with E-state index in [2.05, 4.69) is 14.5 Å². The van der Waals surface area contributed by atoms with Gasteiger partial charge in [0.05, 0.1) is 5.02 Å². The van der Waals surface area contributed by atoms with Gasteiger partial charge in [0, 0.05) is 16.6 Å². The van der Waals surface area contributed by atoms with Crippen molar-refractivity contribution in [2.75, 3.05) is 5.73 Å². The van der Waals surface area contributed by atoms with Gasteiger partial charge in [0.1, 0.15) is 0 Å². The number of oxime groups is 1. The van der Waals surface area contributed by atoms with Crippen molar-refractivity contribution in [1.29, 1.82) is 0 Å². The lowest BCUT2D eigenvalue weighted by Crippen LogP contribution is -2.07. The second-order valence-corrected chi connectivity index (χ2v) is 4.84. The van der Waals surface area contributed by atoms with Gasteiger partial charge in [0.25, 0.3) is 0 Å². The summed E-state index contributed by atoms with van der Waals surface area (Å²) in [5.74, 6) is 0.358. The Kier molecular flexibility index (Phi) is 4.31. The predicted molar refractivity (Wildman–Crippen MR) is 74.0 cm³/mol. The number of aldehydes is 1. The van der Waals surface area contributed by atoms with Crippen LogP contribution in [-0.4, -0.2) is 21.4 Å². The summed E-state index contributed by atoms with van der Waals surface area (Å²) >= 11 is 12.6. The number of nitrogen functional groups attached to an aromatic ring is 1. The molecule has 0 radical (unpaired) electrons. The van der Waals surface area contributed by atoms with E-state index in [9.17, 15) is 4.79 Å². The molecule has 0 aliphatic heterocycles. The van der Waals surface area contributed by atoms with Crippen LogP contribution in [0.25, 0.3) is 0 Å². The molecule has 2 rings (SSSR count). The lowest BCUT2D eigenvalue weighted by molar-refractivity contribution is -0.102. The second kappa shape index (κ2) is 5.96. The molecule has 1 aromatic carbocycles. The van der Waals surface area contributed by atoms with Crippen LogP contribution in [0, 0.1) is 0 Å². The number of nitrogens with two attached hydrogens (primary N) is 1. The minimum atomic E-state index is -0.0843. The van der Waals surface area contributed by atoms with Gasteiger partial charge in [-0.1, -0.05) is 28.4 Å². The summed E-state index contributed by atoms with van der Waals surface area (Å²) in [4.78, 5) is 19.8. The lowest BCUT2D eigenvalue weighted by Gasteiger charge is -2.01. The maximum atomic E-state index is 10.9. The van der Waals surface area contributed by atoms with Gasteiger partial charge in [-0.25, -0.2) is 0 Å². The summed E-state index contributed by atoms with van der Waals surface area (Å²) in [7, 11) is 0. The summed E-state index contributed by atoms with van der Waals surface area (Å²) in [6, 6.07) is 4.60. The molecule has 9 heteroatoms. The number of nitrogens with zero attached hydrogens (tertiary/aromatic N) is 3. The zero-order chi connectivity index (χ0) is 13.8. The minimum Gasteiger partial charge on any atom is -0.374 e. The molecule has 0 unspecified atom stereocenters. The van der Waals surface area contributed by atoms with Crippen molar-refractivity contribution in [2.24, 2.45) is 5.16 Å². The van der Waals surface area contributed by atoms with Crippen LogP contribution in [0.1, 0.15) is 5.82 Å². The van der Waals surface area contributed by atoms with Crippen LogP contribution in [0.15, 0.2) is 23.4 Å². The van der Waals surface area contributed by atoms with E-state index >= 15 is 0 Å². The highest BCUT2D eigenvalue weighted by atomic mass is 35.5. The van der Waals surface area contributed by atoms with Crippen LogP contribution in [0.4, 0.5) is 5.13 Å². The monoisotopic (exact) mass is 316 g/mol. The molecule has 0 saturated heterocycles. The van der Waals surface area contributed by atoms with Crippen molar-refractivity contribution >= 4 is 51.9 Å². The van der Waals surface area contributed by atoms with Gasteiger partial charge in [0.15, 0.2) is 28.7 Å². The van der Waals surface area contributed by atoms with Crippen molar-refractivity contribution in [3.05, 3.63) is 34.1 Å². The highest BCUT2D eigenvalue weighted by molar-refractivity contribution is 7.09. The van der Waals surface area contributed by atoms with E-state index in [1.54, 1.807) is 6.07 Å². The molecule has 0 fully saturated rings. The van der Waals surface area contributed by atoms with Crippen LogP contribution >= 0.6 is 34.7 Å². The number of hydrogen-bond donors (Lipinski definition) is 1. The third-order valence-electron chi connectivity index (χ3n) is 1.92. The molecular formula is C10H6Cl2N4O2S. The van der Waals surface area contributed by atoms with E-state index < -0.39 is 0 Å². The van der Waals surface area contributed by atoms with Crippen molar-refractivity contribution in [2.45, 2.75) is 0 Å². The first kappa shape index (κ1) is 13.7. The average Bonchev–Trinajstić information content (AvgIpc) is 2.79. The minimum absolute atomic E-state index is 0.0843. The topological polar surface area (TPSA) is 90.5 Å². The number of halogens is 2. The van der Waals surface area contributed by atoms with Gasteiger partial charge in [-0.3, -0.25) is 4.79 Å². The number of rotatable bonds is 4. The Balaban J connectivity index is 2.22.